The number of hydrogen-bond acceptors (Lipinski definition) is 4. The Kier molecular flexibility index (Phi) is 6.14. The molecule has 2 rings (SSSR count). The summed E-state index contributed by atoms with van der Waals surface area (Å²) in [5.41, 5.74) is -0.0435. The van der Waals surface area contributed by atoms with Crippen LogP contribution in [0.4, 0.5) is 0 Å². The molecular weight excluding hydrogens is 304 g/mol. The van der Waals surface area contributed by atoms with Gasteiger partial charge in [0.15, 0.2) is 0 Å². The molecule has 1 unspecified atom stereocenters. The lowest BCUT2D eigenvalue weighted by molar-refractivity contribution is 0.0947. The molecule has 1 aromatic rings. The molecule has 124 valence electrons. The largest absolute Gasteiger partial charge is 0.350 e. The van der Waals surface area contributed by atoms with Crippen LogP contribution >= 0.6 is 12.4 Å². The summed E-state index contributed by atoms with van der Waals surface area (Å²) in [5.74, 6) is 0.245. The number of hydrogen-bond donors (Lipinski definition) is 3. The Morgan fingerprint density at radius 2 is 2.09 bits per heavy atom. The molecule has 1 fully saturated rings. The lowest BCUT2D eigenvalue weighted by atomic mass is 9.95. The van der Waals surface area contributed by atoms with Gasteiger partial charge < -0.3 is 15.6 Å². The molecule has 0 bridgehead atoms. The summed E-state index contributed by atoms with van der Waals surface area (Å²) in [6, 6.07) is 0.301. The molecule has 6 nitrogen and oxygen atoms in total. The van der Waals surface area contributed by atoms with Crippen LogP contribution in [0.5, 0.6) is 0 Å². The Hall–Kier alpha value is -1.40. The summed E-state index contributed by atoms with van der Waals surface area (Å²) in [5, 5.41) is 6.12. The summed E-state index contributed by atoms with van der Waals surface area (Å²) >= 11 is 0. The van der Waals surface area contributed by atoms with Gasteiger partial charge in [-0.05, 0) is 26.3 Å². The number of nitrogens with zero attached hydrogens (tertiary/aromatic N) is 1. The number of halogens is 1. The van der Waals surface area contributed by atoms with Crippen LogP contribution in [0.2, 0.25) is 0 Å². The average molecular weight is 329 g/mol. The third kappa shape index (κ3) is 4.30. The Labute approximate surface area is 136 Å². The normalized spacial score (nSPS) is 17.9. The Balaban J connectivity index is 0.00000242. The zero-order valence-electron chi connectivity index (χ0n) is 13.6. The molecule has 0 aromatic carbocycles. The quantitative estimate of drug-likeness (QED) is 0.780. The van der Waals surface area contributed by atoms with Crippen molar-refractivity contribution in [3.8, 4) is 0 Å². The van der Waals surface area contributed by atoms with Crippen LogP contribution in [0.15, 0.2) is 4.79 Å². The number of carbonyl (C=O) groups excluding carboxylic acids is 1. The van der Waals surface area contributed by atoms with Gasteiger partial charge in [-0.15, -0.1) is 12.4 Å². The minimum Gasteiger partial charge on any atom is -0.350 e. The van der Waals surface area contributed by atoms with Crippen molar-refractivity contribution in [2.24, 2.45) is 0 Å². The SMILES string of the molecule is Cc1nc(C(C)(C)C)[nH]c(=O)c1C(=O)NCC1CCCN1.Cl. The molecule has 0 radical (unpaired) electrons. The van der Waals surface area contributed by atoms with E-state index in [1.165, 1.54) is 0 Å². The fraction of sp³-hybridized carbons (Fsp3) is 0.667. The van der Waals surface area contributed by atoms with Gasteiger partial charge in [0.2, 0.25) is 0 Å². The van der Waals surface area contributed by atoms with Crippen LogP contribution in [0.25, 0.3) is 0 Å². The van der Waals surface area contributed by atoms with E-state index < -0.39 is 0 Å². The Morgan fingerprint density at radius 1 is 1.41 bits per heavy atom. The minimum absolute atomic E-state index is 0. The number of nitrogens with one attached hydrogen (secondary N) is 3. The van der Waals surface area contributed by atoms with Crippen molar-refractivity contribution in [2.45, 2.75) is 52.0 Å². The molecular formula is C15H25ClN4O2. The van der Waals surface area contributed by atoms with Gasteiger partial charge in [0.05, 0.1) is 5.69 Å². The smallest absolute Gasteiger partial charge is 0.264 e. The van der Waals surface area contributed by atoms with E-state index in [1.54, 1.807) is 6.92 Å². The summed E-state index contributed by atoms with van der Waals surface area (Å²) in [6.07, 6.45) is 2.18. The van der Waals surface area contributed by atoms with E-state index >= 15 is 0 Å². The van der Waals surface area contributed by atoms with E-state index in [9.17, 15) is 9.59 Å². The average Bonchev–Trinajstić information content (AvgIpc) is 2.87. The maximum atomic E-state index is 12.2. The van der Waals surface area contributed by atoms with Gasteiger partial charge in [-0.3, -0.25) is 9.59 Å². The van der Waals surface area contributed by atoms with Crippen LogP contribution in [-0.2, 0) is 5.41 Å². The third-order valence-electron chi connectivity index (χ3n) is 3.71. The maximum Gasteiger partial charge on any atom is 0.264 e. The lowest BCUT2D eigenvalue weighted by Gasteiger charge is -2.18. The maximum absolute atomic E-state index is 12.2. The number of aromatic nitrogens is 2. The third-order valence-corrected chi connectivity index (χ3v) is 3.71. The highest BCUT2D eigenvalue weighted by Gasteiger charge is 2.23. The number of amides is 1. The van der Waals surface area contributed by atoms with Gasteiger partial charge in [0.25, 0.3) is 11.5 Å². The molecule has 1 atom stereocenters. The first-order valence-electron chi connectivity index (χ1n) is 7.42. The van der Waals surface area contributed by atoms with E-state index in [4.69, 9.17) is 0 Å². The predicted octanol–water partition coefficient (Wildman–Crippen LogP) is 1.28. The van der Waals surface area contributed by atoms with Crippen molar-refractivity contribution in [1.29, 1.82) is 0 Å². The number of rotatable bonds is 3. The molecule has 0 aliphatic carbocycles. The first kappa shape index (κ1) is 18.6. The minimum atomic E-state index is -0.371. The predicted molar refractivity (Wildman–Crippen MR) is 88.9 cm³/mol. The number of carbonyl (C=O) groups is 1. The topological polar surface area (TPSA) is 86.9 Å². The first-order valence-corrected chi connectivity index (χ1v) is 7.42. The second-order valence-electron chi connectivity index (χ2n) is 6.63. The van der Waals surface area contributed by atoms with Gasteiger partial charge in [-0.1, -0.05) is 20.8 Å². The molecule has 1 aliphatic rings. The van der Waals surface area contributed by atoms with Gasteiger partial charge in [0, 0.05) is 18.0 Å². The highest BCUT2D eigenvalue weighted by molar-refractivity contribution is 5.94. The highest BCUT2D eigenvalue weighted by atomic mass is 35.5. The van der Waals surface area contributed by atoms with Crippen molar-refractivity contribution >= 4 is 18.3 Å². The zero-order chi connectivity index (χ0) is 15.6. The monoisotopic (exact) mass is 328 g/mol. The first-order chi connectivity index (χ1) is 9.79. The van der Waals surface area contributed by atoms with Crippen LogP contribution in [0.3, 0.4) is 0 Å². The summed E-state index contributed by atoms with van der Waals surface area (Å²) < 4.78 is 0. The molecule has 1 saturated heterocycles. The summed E-state index contributed by atoms with van der Waals surface area (Å²) in [7, 11) is 0. The molecule has 3 N–H and O–H groups in total. The number of aryl methyl sites for hydroxylation is 1. The lowest BCUT2D eigenvalue weighted by Crippen LogP contribution is -2.40. The van der Waals surface area contributed by atoms with Gasteiger partial charge in [-0.2, -0.15) is 0 Å². The van der Waals surface area contributed by atoms with Crippen LogP contribution in [0.1, 0.15) is 55.5 Å². The summed E-state index contributed by atoms with van der Waals surface area (Å²) in [4.78, 5) is 31.5. The fourth-order valence-electron chi connectivity index (χ4n) is 2.44. The van der Waals surface area contributed by atoms with Crippen molar-refractivity contribution < 1.29 is 4.79 Å². The van der Waals surface area contributed by atoms with Crippen molar-refractivity contribution in [2.75, 3.05) is 13.1 Å². The second-order valence-corrected chi connectivity index (χ2v) is 6.63. The van der Waals surface area contributed by atoms with Crippen molar-refractivity contribution in [3.05, 3.63) is 27.4 Å². The van der Waals surface area contributed by atoms with Gasteiger partial charge >= 0.3 is 0 Å². The van der Waals surface area contributed by atoms with E-state index in [0.29, 0.717) is 24.1 Å². The van der Waals surface area contributed by atoms with Crippen LogP contribution in [0, 0.1) is 6.92 Å². The van der Waals surface area contributed by atoms with Crippen LogP contribution in [-0.4, -0.2) is 35.0 Å². The van der Waals surface area contributed by atoms with Gasteiger partial charge in [-0.25, -0.2) is 4.98 Å². The standard InChI is InChI=1S/C15H24N4O2.ClH/c1-9-11(12(20)17-8-10-6-5-7-16-10)13(21)19-14(18-9)15(2,3)4;/h10,16H,5-8H2,1-4H3,(H,17,20)(H,18,19,21);1H. The molecule has 0 saturated carbocycles. The van der Waals surface area contributed by atoms with E-state index in [0.717, 1.165) is 19.4 Å². The second kappa shape index (κ2) is 7.24. The fourth-order valence-corrected chi connectivity index (χ4v) is 2.44. The zero-order valence-corrected chi connectivity index (χ0v) is 14.4. The Bertz CT molecular complexity index is 586. The van der Waals surface area contributed by atoms with Gasteiger partial charge in [0.1, 0.15) is 11.4 Å². The number of aromatic amines is 1. The van der Waals surface area contributed by atoms with E-state index in [1.807, 2.05) is 20.8 Å². The van der Waals surface area contributed by atoms with E-state index in [2.05, 4.69) is 20.6 Å². The molecule has 0 spiro atoms. The van der Waals surface area contributed by atoms with Crippen LogP contribution < -0.4 is 16.2 Å². The Morgan fingerprint density at radius 3 is 2.59 bits per heavy atom. The molecule has 2 heterocycles. The van der Waals surface area contributed by atoms with E-state index in [-0.39, 0.29) is 34.9 Å². The molecule has 22 heavy (non-hydrogen) atoms. The van der Waals surface area contributed by atoms with Crippen molar-refractivity contribution in [3.63, 3.8) is 0 Å². The molecule has 1 amide bonds. The molecule has 7 heteroatoms. The summed E-state index contributed by atoms with van der Waals surface area (Å²) in [6.45, 7) is 9.14. The van der Waals surface area contributed by atoms with Crippen molar-refractivity contribution in [1.82, 2.24) is 20.6 Å². The number of H-pyrrole nitrogens is 1. The highest BCUT2D eigenvalue weighted by Crippen LogP contribution is 2.17. The molecule has 1 aliphatic heterocycles. The molecule has 1 aromatic heterocycles.